The fraction of sp³-hybridized carbons (Fsp3) is 0.500. The van der Waals surface area contributed by atoms with E-state index in [9.17, 15) is 14.7 Å². The molecule has 1 unspecified atom stereocenters. The van der Waals surface area contributed by atoms with Gasteiger partial charge in [0, 0.05) is 24.9 Å². The Morgan fingerprint density at radius 3 is 2.58 bits per heavy atom. The number of alkyl carbamates (subject to hydrolysis) is 1. The first-order valence-electron chi connectivity index (χ1n) is 10.8. The zero-order valence-electron chi connectivity index (χ0n) is 18.4. The number of ether oxygens (including phenoxy) is 2. The number of aliphatic imine (C=N–C) groups is 1. The van der Waals surface area contributed by atoms with Crippen LogP contribution in [0.2, 0.25) is 10.0 Å². The van der Waals surface area contributed by atoms with Gasteiger partial charge in [-0.05, 0) is 39.2 Å². The van der Waals surface area contributed by atoms with Crippen molar-refractivity contribution < 1.29 is 28.6 Å². The molecule has 0 radical (unpaired) electrons. The van der Waals surface area contributed by atoms with E-state index in [4.69, 9.17) is 32.7 Å². The first-order chi connectivity index (χ1) is 15.8. The van der Waals surface area contributed by atoms with E-state index in [0.29, 0.717) is 19.5 Å². The summed E-state index contributed by atoms with van der Waals surface area (Å²) in [5, 5.41) is 13.3. The van der Waals surface area contributed by atoms with Crippen molar-refractivity contribution in [1.29, 1.82) is 0 Å². The SMILES string of the molecule is CCOC(=O)NC1CCN(c2c(F)cc(C(O)=C(C=NC3CC3)C(=O)OCC)c(Cl)c2Cl)C1. The summed E-state index contributed by atoms with van der Waals surface area (Å²) in [4.78, 5) is 29.9. The number of carbonyl (C=O) groups is 2. The standard InChI is InChI=1S/C22H26Cl2FN3O5/c1-3-32-21(30)15(10-26-12-5-6-12)20(29)14-9-16(25)19(18(24)17(14)23)28-8-7-13(11-28)27-22(31)33-4-2/h9-10,12-13,29H,3-8,11H2,1-2H3,(H,27,31). The van der Waals surface area contributed by atoms with Crippen LogP contribution in [0.25, 0.3) is 5.76 Å². The molecule has 1 atom stereocenters. The summed E-state index contributed by atoms with van der Waals surface area (Å²) < 4.78 is 25.0. The fourth-order valence-corrected chi connectivity index (χ4v) is 3.98. The number of nitrogens with one attached hydrogen (secondary N) is 1. The van der Waals surface area contributed by atoms with Gasteiger partial charge in [0.15, 0.2) is 0 Å². The predicted octanol–water partition coefficient (Wildman–Crippen LogP) is 4.52. The molecule has 2 aliphatic rings. The van der Waals surface area contributed by atoms with Crippen LogP contribution in [0, 0.1) is 5.82 Å². The molecule has 2 fully saturated rings. The van der Waals surface area contributed by atoms with Crippen molar-refractivity contribution >= 4 is 52.9 Å². The lowest BCUT2D eigenvalue weighted by Gasteiger charge is -2.22. The Balaban J connectivity index is 1.90. The number of amides is 1. The van der Waals surface area contributed by atoms with Gasteiger partial charge in [0.2, 0.25) is 0 Å². The van der Waals surface area contributed by atoms with Crippen LogP contribution in [-0.2, 0) is 14.3 Å². The molecule has 3 rings (SSSR count). The van der Waals surface area contributed by atoms with E-state index in [1.54, 1.807) is 18.7 Å². The van der Waals surface area contributed by atoms with Gasteiger partial charge in [-0.2, -0.15) is 0 Å². The summed E-state index contributed by atoms with van der Waals surface area (Å²) in [5.74, 6) is -2.10. The van der Waals surface area contributed by atoms with Crippen molar-refractivity contribution in [1.82, 2.24) is 5.32 Å². The number of hydrogen-bond donors (Lipinski definition) is 2. The molecule has 0 aromatic heterocycles. The van der Waals surface area contributed by atoms with Crippen molar-refractivity contribution in [3.63, 3.8) is 0 Å². The third kappa shape index (κ3) is 6.09. The minimum Gasteiger partial charge on any atom is -0.506 e. The minimum absolute atomic E-state index is 0.0516. The van der Waals surface area contributed by atoms with E-state index >= 15 is 4.39 Å². The molecule has 0 spiro atoms. The van der Waals surface area contributed by atoms with E-state index in [1.807, 2.05) is 0 Å². The molecule has 1 heterocycles. The molecule has 1 saturated carbocycles. The molecule has 33 heavy (non-hydrogen) atoms. The summed E-state index contributed by atoms with van der Waals surface area (Å²) in [6.45, 7) is 4.39. The summed E-state index contributed by atoms with van der Waals surface area (Å²) >= 11 is 12.8. The molecule has 0 bridgehead atoms. The van der Waals surface area contributed by atoms with Crippen LogP contribution in [0.3, 0.4) is 0 Å². The Morgan fingerprint density at radius 1 is 1.24 bits per heavy atom. The highest BCUT2D eigenvalue weighted by Crippen LogP contribution is 2.41. The van der Waals surface area contributed by atoms with Crippen LogP contribution in [-0.4, -0.2) is 61.8 Å². The van der Waals surface area contributed by atoms with E-state index in [0.717, 1.165) is 18.9 Å². The molecule has 11 heteroatoms. The van der Waals surface area contributed by atoms with Gasteiger partial charge in [-0.25, -0.2) is 14.0 Å². The molecule has 1 saturated heterocycles. The average Bonchev–Trinajstić information content (AvgIpc) is 3.49. The second-order valence-corrected chi connectivity index (χ2v) is 8.43. The molecule has 1 amide bonds. The third-order valence-corrected chi connectivity index (χ3v) is 6.06. The summed E-state index contributed by atoms with van der Waals surface area (Å²) in [6, 6.07) is 0.863. The maximum atomic E-state index is 15.2. The molecule has 2 N–H and O–H groups in total. The van der Waals surface area contributed by atoms with E-state index < -0.39 is 23.6 Å². The zero-order chi connectivity index (χ0) is 24.1. The van der Waals surface area contributed by atoms with Crippen LogP contribution in [0.1, 0.15) is 38.7 Å². The second kappa shape index (κ2) is 11.1. The number of carbonyl (C=O) groups excluding carboxylic acids is 2. The highest BCUT2D eigenvalue weighted by atomic mass is 35.5. The Morgan fingerprint density at radius 2 is 1.94 bits per heavy atom. The number of rotatable bonds is 8. The van der Waals surface area contributed by atoms with Crippen molar-refractivity contribution in [2.24, 2.45) is 4.99 Å². The van der Waals surface area contributed by atoms with Crippen LogP contribution in [0.5, 0.6) is 0 Å². The Kier molecular flexibility index (Phi) is 8.42. The van der Waals surface area contributed by atoms with Gasteiger partial charge < -0.3 is 24.8 Å². The zero-order valence-corrected chi connectivity index (χ0v) is 19.9. The monoisotopic (exact) mass is 501 g/mol. The Bertz CT molecular complexity index is 981. The molecule has 1 aromatic carbocycles. The van der Waals surface area contributed by atoms with Crippen molar-refractivity contribution in [2.75, 3.05) is 31.2 Å². The molecule has 1 aromatic rings. The summed E-state index contributed by atoms with van der Waals surface area (Å²) in [5.41, 5.74) is -0.321. The molecule has 1 aliphatic heterocycles. The number of esters is 1. The molecule has 8 nitrogen and oxygen atoms in total. The fourth-order valence-electron chi connectivity index (χ4n) is 3.44. The van der Waals surface area contributed by atoms with Gasteiger partial charge in [0.05, 0.1) is 41.0 Å². The van der Waals surface area contributed by atoms with Crippen LogP contribution in [0.15, 0.2) is 16.6 Å². The van der Waals surface area contributed by atoms with E-state index in [1.165, 1.54) is 6.21 Å². The largest absolute Gasteiger partial charge is 0.506 e. The lowest BCUT2D eigenvalue weighted by atomic mass is 10.1. The number of nitrogens with zero attached hydrogens (tertiary/aromatic N) is 2. The van der Waals surface area contributed by atoms with Crippen LogP contribution < -0.4 is 10.2 Å². The molecule has 180 valence electrons. The Labute approximate surface area is 201 Å². The first-order valence-corrected chi connectivity index (χ1v) is 11.5. The van der Waals surface area contributed by atoms with Crippen LogP contribution >= 0.6 is 23.2 Å². The quantitative estimate of drug-likeness (QED) is 0.178. The molecule has 1 aliphatic carbocycles. The van der Waals surface area contributed by atoms with Gasteiger partial charge in [0.25, 0.3) is 0 Å². The van der Waals surface area contributed by atoms with Gasteiger partial charge >= 0.3 is 12.1 Å². The first kappa shape index (κ1) is 25.1. The lowest BCUT2D eigenvalue weighted by molar-refractivity contribution is -0.137. The summed E-state index contributed by atoms with van der Waals surface area (Å²) in [7, 11) is 0. The lowest BCUT2D eigenvalue weighted by Crippen LogP contribution is -2.37. The van der Waals surface area contributed by atoms with Crippen LogP contribution in [0.4, 0.5) is 14.9 Å². The minimum atomic E-state index is -0.802. The van der Waals surface area contributed by atoms with Gasteiger partial charge in [-0.15, -0.1) is 0 Å². The van der Waals surface area contributed by atoms with Crippen molar-refractivity contribution in [2.45, 2.75) is 45.2 Å². The average molecular weight is 502 g/mol. The van der Waals surface area contributed by atoms with Gasteiger partial charge in [-0.1, -0.05) is 23.2 Å². The highest BCUT2D eigenvalue weighted by molar-refractivity contribution is 6.45. The molecular weight excluding hydrogens is 476 g/mol. The number of aliphatic hydroxyl groups excluding tert-OH is 1. The van der Waals surface area contributed by atoms with Gasteiger partial charge in [0.1, 0.15) is 17.1 Å². The smallest absolute Gasteiger partial charge is 0.407 e. The topological polar surface area (TPSA) is 100 Å². The third-order valence-electron chi connectivity index (χ3n) is 5.20. The summed E-state index contributed by atoms with van der Waals surface area (Å²) in [6.07, 6.45) is 3.03. The van der Waals surface area contributed by atoms with Crippen molar-refractivity contribution in [3.05, 3.63) is 33.1 Å². The Hall–Kier alpha value is -2.52. The number of aliphatic hydroxyl groups is 1. The van der Waals surface area contributed by atoms with Crippen molar-refractivity contribution in [3.8, 4) is 0 Å². The van der Waals surface area contributed by atoms with E-state index in [-0.39, 0.29) is 52.2 Å². The number of anilines is 1. The maximum Gasteiger partial charge on any atom is 0.407 e. The van der Waals surface area contributed by atoms with E-state index in [2.05, 4.69) is 10.3 Å². The maximum absolute atomic E-state index is 15.2. The van der Waals surface area contributed by atoms with Gasteiger partial charge in [-0.3, -0.25) is 4.99 Å². The normalized spacial score (nSPS) is 18.9. The number of halogens is 3. The highest BCUT2D eigenvalue weighted by Gasteiger charge is 2.31. The second-order valence-electron chi connectivity index (χ2n) is 7.67. The number of benzene rings is 1. The predicted molar refractivity (Wildman–Crippen MR) is 125 cm³/mol. The molecular formula is C22H26Cl2FN3O5. The number of hydrogen-bond acceptors (Lipinski definition) is 7.